The second-order valence-corrected chi connectivity index (χ2v) is 7.42. The Balaban J connectivity index is 1.76. The summed E-state index contributed by atoms with van der Waals surface area (Å²) in [7, 11) is 0. The Hall–Kier alpha value is -2.22. The van der Waals surface area contributed by atoms with Gasteiger partial charge in [0, 0.05) is 18.8 Å². The Morgan fingerprint density at radius 2 is 2.10 bits per heavy atom. The van der Waals surface area contributed by atoms with Gasteiger partial charge in [0.05, 0.1) is 18.8 Å². The molecule has 7 heteroatoms. The van der Waals surface area contributed by atoms with Crippen LogP contribution in [-0.2, 0) is 14.3 Å². The van der Waals surface area contributed by atoms with Gasteiger partial charge in [-0.1, -0.05) is 24.3 Å². The van der Waals surface area contributed by atoms with E-state index in [1.165, 1.54) is 0 Å². The SMILES string of the molecule is Cc1cccc(OCC(O)COC2C(O)CC(=O)C2CC=CCCCC(=O)O)c1. The van der Waals surface area contributed by atoms with Crippen LogP contribution < -0.4 is 4.74 Å². The van der Waals surface area contributed by atoms with Gasteiger partial charge in [-0.05, 0) is 43.9 Å². The molecule has 0 aliphatic heterocycles. The Kier molecular flexibility index (Phi) is 9.31. The first-order valence-corrected chi connectivity index (χ1v) is 9.93. The summed E-state index contributed by atoms with van der Waals surface area (Å²) in [5, 5.41) is 28.9. The zero-order valence-electron chi connectivity index (χ0n) is 16.7. The van der Waals surface area contributed by atoms with Crippen LogP contribution in [0.25, 0.3) is 0 Å². The fourth-order valence-corrected chi connectivity index (χ4v) is 3.32. The lowest BCUT2D eigenvalue weighted by atomic mass is 9.99. The number of unbranched alkanes of at least 4 members (excludes halogenated alkanes) is 1. The van der Waals surface area contributed by atoms with Crippen LogP contribution >= 0.6 is 0 Å². The van der Waals surface area contributed by atoms with E-state index in [-0.39, 0.29) is 31.8 Å². The van der Waals surface area contributed by atoms with E-state index in [9.17, 15) is 19.8 Å². The summed E-state index contributed by atoms with van der Waals surface area (Å²) in [5.74, 6) is -0.703. The number of carbonyl (C=O) groups excluding carboxylic acids is 1. The molecule has 4 atom stereocenters. The van der Waals surface area contributed by atoms with Crippen molar-refractivity contribution in [2.24, 2.45) is 5.92 Å². The van der Waals surface area contributed by atoms with E-state index in [2.05, 4.69) is 0 Å². The first-order chi connectivity index (χ1) is 13.9. The van der Waals surface area contributed by atoms with Crippen LogP contribution in [0.3, 0.4) is 0 Å². The van der Waals surface area contributed by atoms with Gasteiger partial charge in [0.1, 0.15) is 24.2 Å². The number of rotatable bonds is 12. The number of carboxylic acid groups (broad SMARTS) is 1. The van der Waals surface area contributed by atoms with Gasteiger partial charge in [-0.15, -0.1) is 0 Å². The van der Waals surface area contributed by atoms with Gasteiger partial charge in [0.15, 0.2) is 0 Å². The molecule has 0 radical (unpaired) electrons. The van der Waals surface area contributed by atoms with Crippen molar-refractivity contribution < 1.29 is 34.4 Å². The molecule has 0 bridgehead atoms. The van der Waals surface area contributed by atoms with Crippen LogP contribution in [0.4, 0.5) is 0 Å². The van der Waals surface area contributed by atoms with Crippen LogP contribution in [-0.4, -0.2) is 58.6 Å². The van der Waals surface area contributed by atoms with Crippen LogP contribution in [0.5, 0.6) is 5.75 Å². The monoisotopic (exact) mass is 406 g/mol. The number of aliphatic hydroxyl groups excluding tert-OH is 2. The minimum absolute atomic E-state index is 0.0398. The molecule has 0 amide bonds. The normalized spacial score (nSPS) is 22.9. The summed E-state index contributed by atoms with van der Waals surface area (Å²) < 4.78 is 11.2. The second kappa shape index (κ2) is 11.7. The van der Waals surface area contributed by atoms with Crippen LogP contribution in [0, 0.1) is 12.8 Å². The quantitative estimate of drug-likeness (QED) is 0.360. The Morgan fingerprint density at radius 3 is 2.83 bits per heavy atom. The number of carboxylic acids is 1. The summed E-state index contributed by atoms with van der Waals surface area (Å²) in [6.07, 6.45) is 2.97. The lowest BCUT2D eigenvalue weighted by Gasteiger charge is -2.22. The first-order valence-electron chi connectivity index (χ1n) is 9.93. The largest absolute Gasteiger partial charge is 0.491 e. The molecule has 2 rings (SSSR count). The van der Waals surface area contributed by atoms with Gasteiger partial charge in [-0.2, -0.15) is 0 Å². The lowest BCUT2D eigenvalue weighted by molar-refractivity contribution is -0.137. The summed E-state index contributed by atoms with van der Waals surface area (Å²) in [5.41, 5.74) is 1.06. The molecule has 1 saturated carbocycles. The highest BCUT2D eigenvalue weighted by Gasteiger charge is 2.41. The number of ether oxygens (including phenoxy) is 2. The molecule has 1 fully saturated rings. The first kappa shape index (κ1) is 23.1. The molecule has 7 nitrogen and oxygen atoms in total. The number of allylic oxidation sites excluding steroid dienone is 2. The van der Waals surface area contributed by atoms with E-state index in [0.29, 0.717) is 25.0 Å². The molecule has 0 aromatic heterocycles. The van der Waals surface area contributed by atoms with Gasteiger partial charge in [-0.3, -0.25) is 9.59 Å². The minimum Gasteiger partial charge on any atom is -0.491 e. The molecule has 1 aliphatic carbocycles. The highest BCUT2D eigenvalue weighted by molar-refractivity contribution is 5.85. The molecular weight excluding hydrogens is 376 g/mol. The minimum atomic E-state index is -0.891. The average Bonchev–Trinajstić information content (AvgIpc) is 2.93. The number of Topliss-reactive ketones (excluding diaryl/α,β-unsaturated/α-hetero) is 1. The van der Waals surface area contributed by atoms with Crippen molar-refractivity contribution in [3.05, 3.63) is 42.0 Å². The molecular formula is C22H30O7. The number of aryl methyl sites for hydroxylation is 1. The van der Waals surface area contributed by atoms with Crippen molar-refractivity contribution in [2.75, 3.05) is 13.2 Å². The number of aliphatic carboxylic acids is 1. The van der Waals surface area contributed by atoms with Crippen molar-refractivity contribution in [1.82, 2.24) is 0 Å². The summed E-state index contributed by atoms with van der Waals surface area (Å²) in [4.78, 5) is 22.6. The Labute approximate surface area is 171 Å². The topological polar surface area (TPSA) is 113 Å². The zero-order valence-corrected chi connectivity index (χ0v) is 16.7. The van der Waals surface area contributed by atoms with E-state index in [4.69, 9.17) is 14.6 Å². The highest BCUT2D eigenvalue weighted by atomic mass is 16.5. The van der Waals surface area contributed by atoms with E-state index < -0.39 is 30.2 Å². The fourth-order valence-electron chi connectivity index (χ4n) is 3.32. The number of aliphatic hydroxyl groups is 2. The third-order valence-electron chi connectivity index (χ3n) is 4.83. The van der Waals surface area contributed by atoms with Gasteiger partial charge >= 0.3 is 5.97 Å². The van der Waals surface area contributed by atoms with E-state index in [0.717, 1.165) is 5.56 Å². The van der Waals surface area contributed by atoms with Crippen molar-refractivity contribution in [2.45, 2.75) is 57.3 Å². The van der Waals surface area contributed by atoms with Crippen molar-refractivity contribution in [3.8, 4) is 5.75 Å². The summed E-state index contributed by atoms with van der Waals surface area (Å²) in [6, 6.07) is 7.49. The Bertz CT molecular complexity index is 700. The van der Waals surface area contributed by atoms with Gasteiger partial charge in [-0.25, -0.2) is 0 Å². The van der Waals surface area contributed by atoms with Crippen molar-refractivity contribution in [1.29, 1.82) is 0 Å². The van der Waals surface area contributed by atoms with Crippen molar-refractivity contribution >= 4 is 11.8 Å². The molecule has 29 heavy (non-hydrogen) atoms. The maximum absolute atomic E-state index is 12.2. The maximum atomic E-state index is 12.2. The molecule has 1 aromatic carbocycles. The molecule has 1 aliphatic rings. The molecule has 0 saturated heterocycles. The molecule has 4 unspecified atom stereocenters. The number of hydrogen-bond donors (Lipinski definition) is 3. The average molecular weight is 406 g/mol. The lowest BCUT2D eigenvalue weighted by Crippen LogP contribution is -2.34. The fraction of sp³-hybridized carbons (Fsp3) is 0.545. The standard InChI is InChI=1S/C22H30O7/c1-15-7-6-8-17(11-15)28-13-16(23)14-29-22-18(19(24)12-20(22)25)9-4-2-3-5-10-21(26)27/h2,4,6-8,11,16,18,20,22-23,25H,3,5,9-10,12-14H2,1H3,(H,26,27). The summed E-state index contributed by atoms with van der Waals surface area (Å²) >= 11 is 0. The molecule has 0 heterocycles. The highest BCUT2D eigenvalue weighted by Crippen LogP contribution is 2.29. The predicted octanol–water partition coefficient (Wildman–Crippen LogP) is 2.27. The zero-order chi connectivity index (χ0) is 21.2. The van der Waals surface area contributed by atoms with Gasteiger partial charge in [0.2, 0.25) is 0 Å². The van der Waals surface area contributed by atoms with E-state index in [1.54, 1.807) is 6.07 Å². The van der Waals surface area contributed by atoms with Gasteiger partial charge < -0.3 is 24.8 Å². The predicted molar refractivity (Wildman–Crippen MR) is 107 cm³/mol. The smallest absolute Gasteiger partial charge is 0.303 e. The maximum Gasteiger partial charge on any atom is 0.303 e. The van der Waals surface area contributed by atoms with Crippen LogP contribution in [0.1, 0.15) is 37.7 Å². The Morgan fingerprint density at radius 1 is 1.31 bits per heavy atom. The third kappa shape index (κ3) is 7.97. The van der Waals surface area contributed by atoms with E-state index >= 15 is 0 Å². The third-order valence-corrected chi connectivity index (χ3v) is 4.83. The molecule has 0 spiro atoms. The van der Waals surface area contributed by atoms with Gasteiger partial charge in [0.25, 0.3) is 0 Å². The molecule has 1 aromatic rings. The molecule has 3 N–H and O–H groups in total. The number of benzene rings is 1. The second-order valence-electron chi connectivity index (χ2n) is 7.42. The number of hydrogen-bond acceptors (Lipinski definition) is 6. The van der Waals surface area contributed by atoms with E-state index in [1.807, 2.05) is 37.3 Å². The molecule has 160 valence electrons. The van der Waals surface area contributed by atoms with Crippen molar-refractivity contribution in [3.63, 3.8) is 0 Å². The number of ketones is 1. The number of carbonyl (C=O) groups is 2. The summed E-state index contributed by atoms with van der Waals surface area (Å²) in [6.45, 7) is 1.96. The van der Waals surface area contributed by atoms with Crippen LogP contribution in [0.2, 0.25) is 0 Å². The van der Waals surface area contributed by atoms with Crippen LogP contribution in [0.15, 0.2) is 36.4 Å².